The number of hydrogen-bond acceptors (Lipinski definition) is 5. The fraction of sp³-hybridized carbons (Fsp3) is 0.345. The molecular weight excluding hydrogens is 475 g/mol. The van der Waals surface area contributed by atoms with Crippen LogP contribution in [0.3, 0.4) is 0 Å². The van der Waals surface area contributed by atoms with Gasteiger partial charge in [0.05, 0.1) is 23.3 Å². The smallest absolute Gasteiger partial charge is 0.369 e. The average molecular weight is 508 g/mol. The summed E-state index contributed by atoms with van der Waals surface area (Å²) in [5.74, 6) is 1.33. The van der Waals surface area contributed by atoms with Crippen LogP contribution in [-0.4, -0.2) is 39.5 Å². The van der Waals surface area contributed by atoms with Crippen molar-refractivity contribution in [2.45, 2.75) is 45.8 Å². The molecule has 0 aliphatic carbocycles. The van der Waals surface area contributed by atoms with Gasteiger partial charge in [-0.3, -0.25) is 9.88 Å². The SMILES string of the molecule is CCCCN(CC)Cc1nc(NCCc2ccccc2)c2ccc(-c3ncccc3C(F)(F)F)cc2n1. The lowest BCUT2D eigenvalue weighted by molar-refractivity contribution is -0.137. The van der Waals surface area contributed by atoms with E-state index in [1.165, 1.54) is 17.8 Å². The Morgan fingerprint density at radius 2 is 1.76 bits per heavy atom. The summed E-state index contributed by atoms with van der Waals surface area (Å²) in [6.07, 6.45) is -0.131. The number of unbranched alkanes of at least 4 members (excludes halogenated alkanes) is 1. The van der Waals surface area contributed by atoms with Crippen LogP contribution in [0.15, 0.2) is 66.9 Å². The van der Waals surface area contributed by atoms with E-state index in [0.29, 0.717) is 35.8 Å². The number of nitrogens with zero attached hydrogens (tertiary/aromatic N) is 4. The van der Waals surface area contributed by atoms with Crippen molar-refractivity contribution in [1.82, 2.24) is 19.9 Å². The number of nitrogens with one attached hydrogen (secondary N) is 1. The van der Waals surface area contributed by atoms with E-state index in [1.807, 2.05) is 18.2 Å². The molecule has 194 valence electrons. The molecule has 0 atom stereocenters. The third-order valence-corrected chi connectivity index (χ3v) is 6.32. The van der Waals surface area contributed by atoms with Gasteiger partial charge in [0.2, 0.25) is 0 Å². The fourth-order valence-corrected chi connectivity index (χ4v) is 4.30. The molecule has 37 heavy (non-hydrogen) atoms. The Kier molecular flexibility index (Phi) is 8.71. The van der Waals surface area contributed by atoms with Crippen molar-refractivity contribution >= 4 is 16.7 Å². The first-order valence-electron chi connectivity index (χ1n) is 12.7. The van der Waals surface area contributed by atoms with Gasteiger partial charge in [0.15, 0.2) is 0 Å². The first-order valence-corrected chi connectivity index (χ1v) is 12.7. The van der Waals surface area contributed by atoms with Gasteiger partial charge in [-0.05, 0) is 55.8 Å². The first-order chi connectivity index (χ1) is 17.9. The zero-order valence-corrected chi connectivity index (χ0v) is 21.2. The van der Waals surface area contributed by atoms with Gasteiger partial charge in [0.25, 0.3) is 0 Å². The fourth-order valence-electron chi connectivity index (χ4n) is 4.30. The molecule has 0 amide bonds. The standard InChI is InChI=1S/C29H32F3N5/c1-3-5-18-37(4-2)20-26-35-25-19-22(27-24(29(30,31)32)12-9-16-33-27)13-14-23(25)28(36-26)34-17-15-21-10-7-6-8-11-21/h6-14,16,19H,3-5,15,17-18,20H2,1-2H3,(H,34,35,36). The summed E-state index contributed by atoms with van der Waals surface area (Å²) in [7, 11) is 0. The zero-order valence-electron chi connectivity index (χ0n) is 21.2. The largest absolute Gasteiger partial charge is 0.418 e. The minimum atomic E-state index is -4.50. The predicted molar refractivity (Wildman–Crippen MR) is 142 cm³/mol. The van der Waals surface area contributed by atoms with Gasteiger partial charge < -0.3 is 5.32 Å². The summed E-state index contributed by atoms with van der Waals surface area (Å²) in [6, 6.07) is 17.7. The number of pyridine rings is 1. The highest BCUT2D eigenvalue weighted by atomic mass is 19.4. The van der Waals surface area contributed by atoms with Crippen LogP contribution < -0.4 is 5.32 Å². The summed E-state index contributed by atoms with van der Waals surface area (Å²) >= 11 is 0. The predicted octanol–water partition coefficient (Wildman–Crippen LogP) is 6.99. The zero-order chi connectivity index (χ0) is 26.3. The van der Waals surface area contributed by atoms with Gasteiger partial charge in [-0.1, -0.05) is 56.7 Å². The van der Waals surface area contributed by atoms with E-state index in [-0.39, 0.29) is 5.69 Å². The van der Waals surface area contributed by atoms with Gasteiger partial charge in [-0.15, -0.1) is 0 Å². The second kappa shape index (κ2) is 12.1. The van der Waals surface area contributed by atoms with Gasteiger partial charge in [0.1, 0.15) is 11.6 Å². The highest BCUT2D eigenvalue weighted by Crippen LogP contribution is 2.36. The van der Waals surface area contributed by atoms with Crippen LogP contribution in [0.2, 0.25) is 0 Å². The molecule has 0 saturated carbocycles. The molecular formula is C29H32F3N5. The van der Waals surface area contributed by atoms with E-state index in [2.05, 4.69) is 41.2 Å². The quantitative estimate of drug-likeness (QED) is 0.237. The Morgan fingerprint density at radius 3 is 2.49 bits per heavy atom. The summed E-state index contributed by atoms with van der Waals surface area (Å²) < 4.78 is 41.0. The van der Waals surface area contributed by atoms with Crippen molar-refractivity contribution in [3.8, 4) is 11.3 Å². The minimum Gasteiger partial charge on any atom is -0.369 e. The number of aromatic nitrogens is 3. The van der Waals surface area contributed by atoms with E-state index in [0.717, 1.165) is 43.8 Å². The summed E-state index contributed by atoms with van der Waals surface area (Å²) in [6.45, 7) is 7.30. The molecule has 5 nitrogen and oxygen atoms in total. The van der Waals surface area contributed by atoms with Crippen LogP contribution in [0.1, 0.15) is 43.6 Å². The molecule has 0 spiro atoms. The van der Waals surface area contributed by atoms with Gasteiger partial charge in [-0.2, -0.15) is 13.2 Å². The number of fused-ring (bicyclic) bond motifs is 1. The molecule has 4 aromatic rings. The topological polar surface area (TPSA) is 53.9 Å². The van der Waals surface area contributed by atoms with Gasteiger partial charge >= 0.3 is 6.18 Å². The highest BCUT2D eigenvalue weighted by molar-refractivity contribution is 5.92. The average Bonchev–Trinajstić information content (AvgIpc) is 2.90. The summed E-state index contributed by atoms with van der Waals surface area (Å²) in [4.78, 5) is 15.9. The summed E-state index contributed by atoms with van der Waals surface area (Å²) in [5, 5.41) is 4.21. The minimum absolute atomic E-state index is 0.103. The molecule has 0 aliphatic rings. The number of anilines is 1. The van der Waals surface area contributed by atoms with E-state index in [9.17, 15) is 13.2 Å². The Morgan fingerprint density at radius 1 is 0.946 bits per heavy atom. The number of hydrogen-bond donors (Lipinski definition) is 1. The highest BCUT2D eigenvalue weighted by Gasteiger charge is 2.34. The van der Waals surface area contributed by atoms with Crippen LogP contribution in [0.5, 0.6) is 0 Å². The number of halogens is 3. The third-order valence-electron chi connectivity index (χ3n) is 6.32. The molecule has 2 aromatic carbocycles. The molecule has 0 saturated heterocycles. The van der Waals surface area contributed by atoms with Crippen LogP contribution in [-0.2, 0) is 19.1 Å². The molecule has 0 fully saturated rings. The van der Waals surface area contributed by atoms with E-state index >= 15 is 0 Å². The van der Waals surface area contributed by atoms with E-state index < -0.39 is 11.7 Å². The molecule has 1 N–H and O–H groups in total. The lowest BCUT2D eigenvalue weighted by atomic mass is 10.0. The van der Waals surface area contributed by atoms with Crippen LogP contribution in [0.25, 0.3) is 22.2 Å². The van der Waals surface area contributed by atoms with Crippen LogP contribution in [0.4, 0.5) is 19.0 Å². The van der Waals surface area contributed by atoms with Crippen molar-refractivity contribution < 1.29 is 13.2 Å². The maximum absolute atomic E-state index is 13.7. The maximum atomic E-state index is 13.7. The molecule has 2 aromatic heterocycles. The number of benzene rings is 2. The second-order valence-corrected chi connectivity index (χ2v) is 9.00. The Hall–Kier alpha value is -3.52. The van der Waals surface area contributed by atoms with E-state index in [4.69, 9.17) is 9.97 Å². The second-order valence-electron chi connectivity index (χ2n) is 9.00. The van der Waals surface area contributed by atoms with E-state index in [1.54, 1.807) is 18.2 Å². The Bertz CT molecular complexity index is 1310. The van der Waals surface area contributed by atoms with Crippen molar-refractivity contribution in [3.63, 3.8) is 0 Å². The molecule has 0 unspecified atom stereocenters. The molecule has 0 bridgehead atoms. The van der Waals surface area contributed by atoms with Gasteiger partial charge in [0, 0.05) is 23.7 Å². The van der Waals surface area contributed by atoms with Gasteiger partial charge in [-0.25, -0.2) is 9.97 Å². The normalized spacial score (nSPS) is 11.8. The molecule has 4 rings (SSSR count). The monoisotopic (exact) mass is 507 g/mol. The van der Waals surface area contributed by atoms with Crippen LogP contribution >= 0.6 is 0 Å². The lowest BCUT2D eigenvalue weighted by Gasteiger charge is -2.20. The summed E-state index contributed by atoms with van der Waals surface area (Å²) in [5.41, 5.74) is 1.31. The molecule has 8 heteroatoms. The maximum Gasteiger partial charge on any atom is 0.418 e. The van der Waals surface area contributed by atoms with Crippen LogP contribution in [0, 0.1) is 0 Å². The van der Waals surface area contributed by atoms with Crippen molar-refractivity contribution in [1.29, 1.82) is 0 Å². The van der Waals surface area contributed by atoms with Crippen molar-refractivity contribution in [2.75, 3.05) is 25.0 Å². The number of rotatable bonds is 11. The third kappa shape index (κ3) is 6.83. The Balaban J connectivity index is 1.71. The molecule has 0 aliphatic heterocycles. The molecule has 2 heterocycles. The Labute approximate surface area is 215 Å². The van der Waals surface area contributed by atoms with Crippen molar-refractivity contribution in [3.05, 3.63) is 83.8 Å². The first kappa shape index (κ1) is 26.5. The number of alkyl halides is 3. The van der Waals surface area contributed by atoms with Crippen molar-refractivity contribution in [2.24, 2.45) is 0 Å². The lowest BCUT2D eigenvalue weighted by Crippen LogP contribution is -2.25. The molecule has 0 radical (unpaired) electrons.